The Kier molecular flexibility index (Phi) is 3.20. The molecule has 0 bridgehead atoms. The third-order valence-electron chi connectivity index (χ3n) is 2.00. The lowest BCUT2D eigenvalue weighted by Gasteiger charge is -2.03. The molecule has 6 nitrogen and oxygen atoms in total. The van der Waals surface area contributed by atoms with Crippen LogP contribution in [0.2, 0.25) is 0 Å². The Morgan fingerprint density at radius 1 is 1.53 bits per heavy atom. The topological polar surface area (TPSA) is 95.1 Å². The van der Waals surface area contributed by atoms with Crippen LogP contribution in [0.1, 0.15) is 16.1 Å². The molecule has 17 heavy (non-hydrogen) atoms. The number of nitrogens with one attached hydrogen (secondary N) is 2. The first kappa shape index (κ1) is 11.3. The highest BCUT2D eigenvalue weighted by molar-refractivity contribution is 7.07. The summed E-state index contributed by atoms with van der Waals surface area (Å²) in [4.78, 5) is 28.6. The molecule has 0 spiro atoms. The molecule has 0 saturated carbocycles. The van der Waals surface area contributed by atoms with Crippen LogP contribution in [0.5, 0.6) is 5.75 Å². The van der Waals surface area contributed by atoms with E-state index >= 15 is 0 Å². The van der Waals surface area contributed by atoms with Crippen molar-refractivity contribution in [2.45, 2.75) is 6.54 Å². The van der Waals surface area contributed by atoms with Gasteiger partial charge in [0.15, 0.2) is 0 Å². The Bertz CT molecular complexity index is 590. The molecule has 0 radical (unpaired) electrons. The Hall–Kier alpha value is -2.15. The average Bonchev–Trinajstić information content (AvgIpc) is 2.72. The molecule has 0 unspecified atom stereocenters. The molecule has 2 rings (SSSR count). The Morgan fingerprint density at radius 3 is 3.00 bits per heavy atom. The highest BCUT2D eigenvalue weighted by atomic mass is 32.1. The van der Waals surface area contributed by atoms with Gasteiger partial charge in [0.25, 0.3) is 5.91 Å². The lowest BCUT2D eigenvalue weighted by atomic mass is 10.2. The number of hydrogen-bond acceptors (Lipinski definition) is 5. The molecule has 2 aromatic heterocycles. The second-order valence-electron chi connectivity index (χ2n) is 3.29. The fraction of sp³-hybridized carbons (Fsp3) is 0.100. The molecular formula is C10H9N3O3S. The van der Waals surface area contributed by atoms with E-state index in [1.807, 2.05) is 0 Å². The summed E-state index contributed by atoms with van der Waals surface area (Å²) in [6, 6.07) is 1.32. The van der Waals surface area contributed by atoms with Gasteiger partial charge >= 0.3 is 4.87 Å². The maximum absolute atomic E-state index is 11.6. The lowest BCUT2D eigenvalue weighted by molar-refractivity contribution is 0.0949. The molecule has 1 amide bonds. The highest BCUT2D eigenvalue weighted by Crippen LogP contribution is 2.08. The predicted octanol–water partition coefficient (Wildman–Crippen LogP) is 0.467. The van der Waals surface area contributed by atoms with Gasteiger partial charge in [0.05, 0.1) is 18.3 Å². The van der Waals surface area contributed by atoms with Gasteiger partial charge in [-0.3, -0.25) is 14.6 Å². The SMILES string of the molecule is O=C(NCc1csc(=O)[nH]1)c1cncc(O)c1. The lowest BCUT2D eigenvalue weighted by Crippen LogP contribution is -2.23. The number of amides is 1. The van der Waals surface area contributed by atoms with Crippen molar-refractivity contribution in [1.82, 2.24) is 15.3 Å². The predicted molar refractivity (Wildman–Crippen MR) is 62.0 cm³/mol. The molecule has 0 aliphatic rings. The number of nitrogens with zero attached hydrogens (tertiary/aromatic N) is 1. The van der Waals surface area contributed by atoms with Crippen molar-refractivity contribution < 1.29 is 9.90 Å². The number of aromatic amines is 1. The summed E-state index contributed by atoms with van der Waals surface area (Å²) < 4.78 is 0. The Balaban J connectivity index is 2.00. The van der Waals surface area contributed by atoms with Gasteiger partial charge in [0.2, 0.25) is 0 Å². The van der Waals surface area contributed by atoms with Crippen LogP contribution < -0.4 is 10.2 Å². The van der Waals surface area contributed by atoms with E-state index in [4.69, 9.17) is 5.11 Å². The van der Waals surface area contributed by atoms with E-state index in [2.05, 4.69) is 15.3 Å². The molecule has 0 aromatic carbocycles. The maximum Gasteiger partial charge on any atom is 0.304 e. The number of thiazole rings is 1. The van der Waals surface area contributed by atoms with Crippen molar-refractivity contribution in [3.05, 3.63) is 44.8 Å². The van der Waals surface area contributed by atoms with Crippen molar-refractivity contribution in [3.63, 3.8) is 0 Å². The minimum atomic E-state index is -0.361. The van der Waals surface area contributed by atoms with Crippen LogP contribution in [-0.4, -0.2) is 21.0 Å². The molecule has 0 aliphatic heterocycles. The molecule has 88 valence electrons. The van der Waals surface area contributed by atoms with Crippen LogP contribution in [0, 0.1) is 0 Å². The second-order valence-corrected chi connectivity index (χ2v) is 4.13. The van der Waals surface area contributed by atoms with Crippen molar-refractivity contribution in [1.29, 1.82) is 0 Å². The monoisotopic (exact) mass is 251 g/mol. The Labute approximate surface area is 100.0 Å². The van der Waals surface area contributed by atoms with Crippen LogP contribution >= 0.6 is 11.3 Å². The number of pyridine rings is 1. The van der Waals surface area contributed by atoms with Crippen LogP contribution in [0.3, 0.4) is 0 Å². The number of aromatic nitrogens is 2. The van der Waals surface area contributed by atoms with Crippen LogP contribution in [0.4, 0.5) is 0 Å². The van der Waals surface area contributed by atoms with Crippen molar-refractivity contribution in [3.8, 4) is 5.75 Å². The normalized spacial score (nSPS) is 10.1. The van der Waals surface area contributed by atoms with E-state index in [9.17, 15) is 9.59 Å². The third-order valence-corrected chi connectivity index (χ3v) is 2.71. The van der Waals surface area contributed by atoms with Crippen LogP contribution in [0.15, 0.2) is 28.6 Å². The summed E-state index contributed by atoms with van der Waals surface area (Å²) >= 11 is 1.04. The quantitative estimate of drug-likeness (QED) is 0.738. The van der Waals surface area contributed by atoms with Gasteiger partial charge in [-0.15, -0.1) is 0 Å². The standard InChI is InChI=1S/C10H9N3O3S/c14-8-1-6(2-11-4-8)9(15)12-3-7-5-17-10(16)13-7/h1-2,4-5,14H,3H2,(H,12,15)(H,13,16). The largest absolute Gasteiger partial charge is 0.506 e. The summed E-state index contributed by atoms with van der Waals surface area (Å²) in [6.45, 7) is 0.229. The fourth-order valence-electron chi connectivity index (χ4n) is 1.23. The number of rotatable bonds is 3. The number of carbonyl (C=O) groups excluding carboxylic acids is 1. The zero-order chi connectivity index (χ0) is 12.3. The van der Waals surface area contributed by atoms with Crippen molar-refractivity contribution in [2.75, 3.05) is 0 Å². The summed E-state index contributed by atoms with van der Waals surface area (Å²) in [5, 5.41) is 13.4. The summed E-state index contributed by atoms with van der Waals surface area (Å²) in [6.07, 6.45) is 2.60. The minimum Gasteiger partial charge on any atom is -0.506 e. The van der Waals surface area contributed by atoms with E-state index in [1.165, 1.54) is 18.5 Å². The van der Waals surface area contributed by atoms with E-state index in [1.54, 1.807) is 5.38 Å². The number of hydrogen-bond donors (Lipinski definition) is 3. The van der Waals surface area contributed by atoms with Gasteiger partial charge in [-0.05, 0) is 6.07 Å². The third kappa shape index (κ3) is 2.91. The Morgan fingerprint density at radius 2 is 2.35 bits per heavy atom. The summed E-state index contributed by atoms with van der Waals surface area (Å²) in [7, 11) is 0. The van der Waals surface area contributed by atoms with E-state index < -0.39 is 0 Å². The van der Waals surface area contributed by atoms with Crippen molar-refractivity contribution in [2.24, 2.45) is 0 Å². The van der Waals surface area contributed by atoms with E-state index in [0.717, 1.165) is 11.3 Å². The van der Waals surface area contributed by atoms with Gasteiger partial charge in [0, 0.05) is 17.3 Å². The zero-order valence-electron chi connectivity index (χ0n) is 8.64. The van der Waals surface area contributed by atoms with E-state index in [0.29, 0.717) is 5.69 Å². The molecule has 0 atom stereocenters. The molecule has 0 aliphatic carbocycles. The number of aromatic hydroxyl groups is 1. The van der Waals surface area contributed by atoms with E-state index in [-0.39, 0.29) is 28.6 Å². The van der Waals surface area contributed by atoms with Gasteiger partial charge in [0.1, 0.15) is 5.75 Å². The number of carbonyl (C=O) groups is 1. The number of H-pyrrole nitrogens is 1. The first-order valence-corrected chi connectivity index (χ1v) is 5.62. The smallest absolute Gasteiger partial charge is 0.304 e. The van der Waals surface area contributed by atoms with Gasteiger partial charge in [-0.1, -0.05) is 11.3 Å². The average molecular weight is 251 g/mol. The maximum atomic E-state index is 11.6. The van der Waals surface area contributed by atoms with Crippen LogP contribution in [0.25, 0.3) is 0 Å². The van der Waals surface area contributed by atoms with Gasteiger partial charge < -0.3 is 15.4 Å². The fourth-order valence-corrected chi connectivity index (χ4v) is 1.81. The zero-order valence-corrected chi connectivity index (χ0v) is 9.45. The molecule has 2 heterocycles. The highest BCUT2D eigenvalue weighted by Gasteiger charge is 2.07. The summed E-state index contributed by atoms with van der Waals surface area (Å²) in [5.41, 5.74) is 0.907. The molecule has 0 saturated heterocycles. The van der Waals surface area contributed by atoms with Crippen molar-refractivity contribution >= 4 is 17.2 Å². The molecule has 0 fully saturated rings. The molecular weight excluding hydrogens is 242 g/mol. The first-order valence-electron chi connectivity index (χ1n) is 4.74. The second kappa shape index (κ2) is 4.79. The first-order chi connectivity index (χ1) is 8.15. The van der Waals surface area contributed by atoms with Gasteiger partial charge in [-0.25, -0.2) is 0 Å². The summed E-state index contributed by atoms with van der Waals surface area (Å²) in [5.74, 6) is -0.429. The molecule has 2 aromatic rings. The minimum absolute atomic E-state index is 0.0680. The molecule has 7 heteroatoms. The van der Waals surface area contributed by atoms with Gasteiger partial charge in [-0.2, -0.15) is 0 Å². The molecule has 3 N–H and O–H groups in total. The van der Waals surface area contributed by atoms with Crippen LogP contribution in [-0.2, 0) is 6.54 Å².